The molecule has 1 atom stereocenters. The zero-order valence-electron chi connectivity index (χ0n) is 19.7. The Morgan fingerprint density at radius 1 is 1.18 bits per heavy atom. The molecule has 0 aliphatic heterocycles. The van der Waals surface area contributed by atoms with Gasteiger partial charge >= 0.3 is 5.97 Å². The third-order valence-electron chi connectivity index (χ3n) is 5.45. The summed E-state index contributed by atoms with van der Waals surface area (Å²) in [6.07, 6.45) is 9.60. The molecule has 0 unspecified atom stereocenters. The summed E-state index contributed by atoms with van der Waals surface area (Å²) in [7, 11) is 1.30. The molecule has 0 radical (unpaired) electrons. The molecule has 3 aromatic rings. The normalized spacial score (nSPS) is 12.5. The second kappa shape index (κ2) is 11.1. The van der Waals surface area contributed by atoms with E-state index < -0.39 is 11.5 Å². The average Bonchev–Trinajstić information content (AvgIpc) is 3.23. The maximum atomic E-state index is 12.6. The third kappa shape index (κ3) is 6.74. The van der Waals surface area contributed by atoms with Crippen molar-refractivity contribution in [1.82, 2.24) is 20.3 Å². The first-order valence-electron chi connectivity index (χ1n) is 10.9. The predicted octanol–water partition coefficient (Wildman–Crippen LogP) is 4.69. The van der Waals surface area contributed by atoms with Crippen LogP contribution in [0.2, 0.25) is 0 Å². The lowest BCUT2D eigenvalue weighted by molar-refractivity contribution is -0.146. The number of ether oxygens (including phenoxy) is 1. The quantitative estimate of drug-likeness (QED) is 0.328. The number of aromatic nitrogens is 3. The SMILES string of the molecule is COC(=O)C(C)(C)NC(=O)c1ccc2nc(CC[C@@H](C)CCc3ncc(SC)cn3)sc2c1. The van der Waals surface area contributed by atoms with E-state index in [0.717, 1.165) is 51.6 Å². The highest BCUT2D eigenvalue weighted by Crippen LogP contribution is 2.26. The number of fused-ring (bicyclic) bond motifs is 1. The molecule has 3 rings (SSSR count). The molecular formula is C24H30N4O3S2. The summed E-state index contributed by atoms with van der Waals surface area (Å²) >= 11 is 3.25. The van der Waals surface area contributed by atoms with Crippen LogP contribution in [0, 0.1) is 5.92 Å². The van der Waals surface area contributed by atoms with Gasteiger partial charge in [0.15, 0.2) is 0 Å². The Morgan fingerprint density at radius 3 is 2.55 bits per heavy atom. The van der Waals surface area contributed by atoms with Crippen LogP contribution >= 0.6 is 23.1 Å². The van der Waals surface area contributed by atoms with Crippen molar-refractivity contribution in [2.24, 2.45) is 5.92 Å². The van der Waals surface area contributed by atoms with Gasteiger partial charge in [-0.1, -0.05) is 6.92 Å². The number of hydrogen-bond donors (Lipinski definition) is 1. The van der Waals surface area contributed by atoms with Crippen molar-refractivity contribution in [3.05, 3.63) is 47.0 Å². The second-order valence-corrected chi connectivity index (χ2v) is 10.6. The van der Waals surface area contributed by atoms with E-state index in [1.54, 1.807) is 43.0 Å². The van der Waals surface area contributed by atoms with Gasteiger partial charge in [0.2, 0.25) is 0 Å². The van der Waals surface area contributed by atoms with E-state index in [-0.39, 0.29) is 5.91 Å². The Morgan fingerprint density at radius 2 is 1.88 bits per heavy atom. The minimum Gasteiger partial charge on any atom is -0.467 e. The number of thiazole rings is 1. The fourth-order valence-corrected chi connectivity index (χ4v) is 4.69. The van der Waals surface area contributed by atoms with Crippen molar-refractivity contribution in [2.75, 3.05) is 13.4 Å². The van der Waals surface area contributed by atoms with Gasteiger partial charge in [-0.2, -0.15) is 0 Å². The topological polar surface area (TPSA) is 94.1 Å². The van der Waals surface area contributed by atoms with Crippen LogP contribution < -0.4 is 5.32 Å². The molecule has 1 amide bonds. The number of carbonyl (C=O) groups excluding carboxylic acids is 2. The summed E-state index contributed by atoms with van der Waals surface area (Å²) in [5.41, 5.74) is 0.280. The highest BCUT2D eigenvalue weighted by atomic mass is 32.2. The van der Waals surface area contributed by atoms with E-state index in [0.29, 0.717) is 11.5 Å². The first-order chi connectivity index (χ1) is 15.7. The summed E-state index contributed by atoms with van der Waals surface area (Å²) in [5, 5.41) is 3.79. The standard InChI is InChI=1S/C24H30N4O3S2/c1-15(6-10-20-25-13-17(32-5)14-26-20)7-11-21-27-18-9-8-16(12-19(18)33-21)22(29)28-24(2,3)23(30)31-4/h8-9,12-15H,6-7,10-11H2,1-5H3,(H,28,29)/t15-/m0/s1. The van der Waals surface area contributed by atoms with Crippen molar-refractivity contribution in [3.63, 3.8) is 0 Å². The van der Waals surface area contributed by atoms with E-state index in [9.17, 15) is 9.59 Å². The fraction of sp³-hybridized carbons (Fsp3) is 0.458. The van der Waals surface area contributed by atoms with E-state index in [2.05, 4.69) is 22.2 Å². The second-order valence-electron chi connectivity index (χ2n) is 8.58. The van der Waals surface area contributed by atoms with Gasteiger partial charge in [0.1, 0.15) is 11.4 Å². The number of methoxy groups -OCH3 is 1. The molecule has 9 heteroatoms. The van der Waals surface area contributed by atoms with Crippen molar-refractivity contribution < 1.29 is 14.3 Å². The third-order valence-corrected chi connectivity index (χ3v) is 7.21. The molecular weight excluding hydrogens is 456 g/mol. The number of rotatable bonds is 10. The van der Waals surface area contributed by atoms with E-state index >= 15 is 0 Å². The Balaban J connectivity index is 1.56. The van der Waals surface area contributed by atoms with Crippen molar-refractivity contribution in [3.8, 4) is 0 Å². The van der Waals surface area contributed by atoms with Crippen molar-refractivity contribution in [1.29, 1.82) is 0 Å². The molecule has 1 N–H and O–H groups in total. The Kier molecular flexibility index (Phi) is 8.42. The lowest BCUT2D eigenvalue weighted by Gasteiger charge is -2.23. The van der Waals surface area contributed by atoms with E-state index in [4.69, 9.17) is 9.72 Å². The van der Waals surface area contributed by atoms with E-state index in [1.165, 1.54) is 7.11 Å². The summed E-state index contributed by atoms with van der Waals surface area (Å²) in [6, 6.07) is 5.42. The Labute approximate surface area is 202 Å². The van der Waals surface area contributed by atoms with Crippen LogP contribution in [0.3, 0.4) is 0 Å². The minimum atomic E-state index is -1.10. The number of nitrogens with zero attached hydrogens (tertiary/aromatic N) is 3. The molecule has 176 valence electrons. The van der Waals surface area contributed by atoms with Crippen LogP contribution in [-0.4, -0.2) is 45.7 Å². The maximum absolute atomic E-state index is 12.6. The molecule has 0 bridgehead atoms. The van der Waals surface area contributed by atoms with Crippen LogP contribution in [-0.2, 0) is 22.4 Å². The summed E-state index contributed by atoms with van der Waals surface area (Å²) < 4.78 is 5.72. The molecule has 0 saturated heterocycles. The van der Waals surface area contributed by atoms with Gasteiger partial charge in [-0.3, -0.25) is 4.79 Å². The smallest absolute Gasteiger partial charge is 0.330 e. The van der Waals surface area contributed by atoms with Crippen LogP contribution in [0.5, 0.6) is 0 Å². The van der Waals surface area contributed by atoms with Crippen LogP contribution in [0.15, 0.2) is 35.5 Å². The lowest BCUT2D eigenvalue weighted by atomic mass is 10.00. The molecule has 0 saturated carbocycles. The number of benzene rings is 1. The first kappa shape index (κ1) is 25.1. The van der Waals surface area contributed by atoms with Gasteiger partial charge < -0.3 is 10.1 Å². The number of amides is 1. The number of aryl methyl sites for hydroxylation is 2. The molecule has 0 fully saturated rings. The molecule has 7 nitrogen and oxygen atoms in total. The largest absolute Gasteiger partial charge is 0.467 e. The summed E-state index contributed by atoms with van der Waals surface area (Å²) in [5.74, 6) is 0.613. The van der Waals surface area contributed by atoms with Crippen molar-refractivity contribution in [2.45, 2.75) is 56.9 Å². The van der Waals surface area contributed by atoms with Gasteiger partial charge in [0, 0.05) is 29.3 Å². The number of hydrogen-bond acceptors (Lipinski definition) is 8. The Hall–Kier alpha value is -2.52. The van der Waals surface area contributed by atoms with Gasteiger partial charge in [-0.25, -0.2) is 19.7 Å². The van der Waals surface area contributed by atoms with Gasteiger partial charge in [-0.15, -0.1) is 23.1 Å². The minimum absolute atomic E-state index is 0.316. The maximum Gasteiger partial charge on any atom is 0.330 e. The first-order valence-corrected chi connectivity index (χ1v) is 12.9. The van der Waals surface area contributed by atoms with Crippen LogP contribution in [0.4, 0.5) is 0 Å². The molecule has 33 heavy (non-hydrogen) atoms. The summed E-state index contributed by atoms with van der Waals surface area (Å²) in [4.78, 5) is 39.1. The fourth-order valence-electron chi connectivity index (χ4n) is 3.35. The van der Waals surface area contributed by atoms with Crippen LogP contribution in [0.25, 0.3) is 10.2 Å². The van der Waals surface area contributed by atoms with Gasteiger partial charge in [0.05, 0.1) is 22.3 Å². The van der Waals surface area contributed by atoms with E-state index in [1.807, 2.05) is 30.8 Å². The number of carbonyl (C=O) groups is 2. The lowest BCUT2D eigenvalue weighted by Crippen LogP contribution is -2.50. The molecule has 0 aliphatic rings. The zero-order valence-corrected chi connectivity index (χ0v) is 21.3. The molecule has 1 aromatic carbocycles. The molecule has 2 heterocycles. The monoisotopic (exact) mass is 486 g/mol. The van der Waals surface area contributed by atoms with Gasteiger partial charge in [0.25, 0.3) is 5.91 Å². The van der Waals surface area contributed by atoms with Crippen LogP contribution in [0.1, 0.15) is 54.8 Å². The number of nitrogens with one attached hydrogen (secondary N) is 1. The molecule has 2 aromatic heterocycles. The Bertz CT molecular complexity index is 1110. The number of esters is 1. The molecule has 0 spiro atoms. The average molecular weight is 487 g/mol. The zero-order chi connectivity index (χ0) is 24.0. The molecule has 0 aliphatic carbocycles. The van der Waals surface area contributed by atoms with Gasteiger partial charge in [-0.05, 0) is 63.5 Å². The highest BCUT2D eigenvalue weighted by molar-refractivity contribution is 7.98. The van der Waals surface area contributed by atoms with Crippen molar-refractivity contribution >= 4 is 45.2 Å². The predicted molar refractivity (Wildman–Crippen MR) is 133 cm³/mol. The number of thioether (sulfide) groups is 1. The highest BCUT2D eigenvalue weighted by Gasteiger charge is 2.30. The summed E-state index contributed by atoms with van der Waals surface area (Å²) in [6.45, 7) is 5.48.